The van der Waals surface area contributed by atoms with Crippen LogP contribution in [0.25, 0.3) is 0 Å². The second-order valence-electron chi connectivity index (χ2n) is 5.56. The monoisotopic (exact) mass is 292 g/mol. The first-order valence-corrected chi connectivity index (χ1v) is 7.02. The summed E-state index contributed by atoms with van der Waals surface area (Å²) in [6.45, 7) is -0.218. The van der Waals surface area contributed by atoms with Crippen molar-refractivity contribution < 1.29 is 19.5 Å². The van der Waals surface area contributed by atoms with E-state index in [0.717, 1.165) is 25.7 Å². The molecule has 1 aliphatic carbocycles. The molecule has 0 aromatic carbocycles. The molecular weight excluding hydrogens is 276 g/mol. The Kier molecular flexibility index (Phi) is 3.44. The number of aliphatic carboxylic acids is 1. The van der Waals surface area contributed by atoms with Crippen LogP contribution in [-0.4, -0.2) is 42.8 Å². The molecule has 2 atom stereocenters. The number of imide groups is 1. The van der Waals surface area contributed by atoms with Crippen LogP contribution < -0.4 is 0 Å². The lowest BCUT2D eigenvalue weighted by Crippen LogP contribution is -2.30. The van der Waals surface area contributed by atoms with E-state index in [1.165, 1.54) is 15.8 Å². The van der Waals surface area contributed by atoms with Crippen LogP contribution in [-0.2, 0) is 27.5 Å². The number of fused-ring (bicyclic) bond motifs is 1. The predicted octanol–water partition coefficient (Wildman–Crippen LogP) is 0.0379. The molecule has 2 amide bonds. The topological polar surface area (TPSA) is 105 Å². The van der Waals surface area contributed by atoms with Gasteiger partial charge in [-0.05, 0) is 12.8 Å². The van der Waals surface area contributed by atoms with E-state index in [4.69, 9.17) is 5.11 Å². The van der Waals surface area contributed by atoms with Gasteiger partial charge in [-0.3, -0.25) is 19.3 Å². The summed E-state index contributed by atoms with van der Waals surface area (Å²) in [6.07, 6.45) is 4.98. The number of aromatic nitrogens is 3. The van der Waals surface area contributed by atoms with Gasteiger partial charge in [-0.1, -0.05) is 18.1 Å². The minimum absolute atomic E-state index is 0.0737. The fraction of sp³-hybridized carbons (Fsp3) is 0.615. The van der Waals surface area contributed by atoms with E-state index in [2.05, 4.69) is 10.3 Å². The van der Waals surface area contributed by atoms with Crippen LogP contribution in [0.4, 0.5) is 0 Å². The number of amides is 2. The van der Waals surface area contributed by atoms with Gasteiger partial charge in [0.25, 0.3) is 0 Å². The Morgan fingerprint density at radius 3 is 2.43 bits per heavy atom. The van der Waals surface area contributed by atoms with E-state index in [-0.39, 0.29) is 36.7 Å². The van der Waals surface area contributed by atoms with Gasteiger partial charge in [0, 0.05) is 0 Å². The predicted molar refractivity (Wildman–Crippen MR) is 68.7 cm³/mol. The summed E-state index contributed by atoms with van der Waals surface area (Å²) in [5.74, 6) is -1.64. The zero-order chi connectivity index (χ0) is 15.0. The van der Waals surface area contributed by atoms with Crippen LogP contribution in [0.1, 0.15) is 31.4 Å². The number of hydrogen-bond acceptors (Lipinski definition) is 5. The first-order chi connectivity index (χ1) is 10.1. The lowest BCUT2D eigenvalue weighted by Gasteiger charge is -2.19. The highest BCUT2D eigenvalue weighted by molar-refractivity contribution is 6.05. The fourth-order valence-corrected chi connectivity index (χ4v) is 3.18. The largest absolute Gasteiger partial charge is 0.480 e. The standard InChI is InChI=1S/C13H16N4O4/c18-11(19)7-16-5-8(14-15-16)6-17-12(20)9-3-1-2-4-10(9)13(17)21/h5,9-10H,1-4,6-7H2,(H,18,19). The second-order valence-corrected chi connectivity index (χ2v) is 5.56. The summed E-state index contributed by atoms with van der Waals surface area (Å²) in [6, 6.07) is 0. The Labute approximate surface area is 120 Å². The number of carbonyl (C=O) groups is 3. The van der Waals surface area contributed by atoms with Crippen molar-refractivity contribution in [3.05, 3.63) is 11.9 Å². The molecule has 3 rings (SSSR count). The summed E-state index contributed by atoms with van der Waals surface area (Å²) in [5, 5.41) is 16.2. The molecule has 1 aromatic rings. The molecule has 8 heteroatoms. The van der Waals surface area contributed by atoms with E-state index >= 15 is 0 Å². The molecule has 21 heavy (non-hydrogen) atoms. The summed E-state index contributed by atoms with van der Waals surface area (Å²) < 4.78 is 1.18. The van der Waals surface area contributed by atoms with Crippen LogP contribution >= 0.6 is 0 Å². The Morgan fingerprint density at radius 2 is 1.86 bits per heavy atom. The summed E-state index contributed by atoms with van der Waals surface area (Å²) >= 11 is 0. The Balaban J connectivity index is 1.72. The maximum atomic E-state index is 12.3. The lowest BCUT2D eigenvalue weighted by molar-refractivity contribution is -0.141. The van der Waals surface area contributed by atoms with Crippen molar-refractivity contribution in [3.63, 3.8) is 0 Å². The molecule has 1 N–H and O–H groups in total. The number of nitrogens with zero attached hydrogens (tertiary/aromatic N) is 4. The molecule has 112 valence electrons. The third kappa shape index (κ3) is 2.53. The first-order valence-electron chi connectivity index (χ1n) is 7.02. The lowest BCUT2D eigenvalue weighted by atomic mass is 9.81. The van der Waals surface area contributed by atoms with Crippen molar-refractivity contribution >= 4 is 17.8 Å². The van der Waals surface area contributed by atoms with Crippen molar-refractivity contribution in [1.82, 2.24) is 19.9 Å². The van der Waals surface area contributed by atoms with Crippen molar-refractivity contribution in [2.45, 2.75) is 38.8 Å². The van der Waals surface area contributed by atoms with Gasteiger partial charge < -0.3 is 5.11 Å². The van der Waals surface area contributed by atoms with E-state index in [1.807, 2.05) is 0 Å². The fourth-order valence-electron chi connectivity index (χ4n) is 3.18. The molecule has 2 unspecified atom stereocenters. The van der Waals surface area contributed by atoms with Crippen LogP contribution in [0.5, 0.6) is 0 Å². The number of rotatable bonds is 4. The highest BCUT2D eigenvalue weighted by atomic mass is 16.4. The SMILES string of the molecule is O=C(O)Cn1cc(CN2C(=O)C3CCCCC3C2=O)nn1. The summed E-state index contributed by atoms with van der Waals surface area (Å²) in [7, 11) is 0. The highest BCUT2D eigenvalue weighted by Gasteiger charge is 2.48. The van der Waals surface area contributed by atoms with Crippen molar-refractivity contribution in [3.8, 4) is 0 Å². The van der Waals surface area contributed by atoms with Gasteiger partial charge >= 0.3 is 5.97 Å². The normalized spacial score (nSPS) is 25.2. The molecule has 1 aliphatic heterocycles. The van der Waals surface area contributed by atoms with Crippen LogP contribution in [0.2, 0.25) is 0 Å². The minimum atomic E-state index is -1.02. The number of carboxylic acid groups (broad SMARTS) is 1. The first kappa shape index (κ1) is 13.7. The summed E-state index contributed by atoms with van der Waals surface area (Å²) in [5.41, 5.74) is 0.427. The zero-order valence-corrected chi connectivity index (χ0v) is 11.4. The van der Waals surface area contributed by atoms with E-state index in [1.54, 1.807) is 0 Å². The molecule has 1 saturated heterocycles. The van der Waals surface area contributed by atoms with Gasteiger partial charge in [0.2, 0.25) is 11.8 Å². The van der Waals surface area contributed by atoms with Gasteiger partial charge in [-0.25, -0.2) is 4.68 Å². The number of carbonyl (C=O) groups excluding carboxylic acids is 2. The quantitative estimate of drug-likeness (QED) is 0.785. The maximum absolute atomic E-state index is 12.3. The third-order valence-electron chi connectivity index (χ3n) is 4.14. The maximum Gasteiger partial charge on any atom is 0.325 e. The number of likely N-dealkylation sites (tertiary alicyclic amines) is 1. The van der Waals surface area contributed by atoms with Gasteiger partial charge in [0.1, 0.15) is 12.2 Å². The minimum Gasteiger partial charge on any atom is -0.480 e. The molecule has 8 nitrogen and oxygen atoms in total. The molecule has 2 heterocycles. The number of carboxylic acids is 1. The molecule has 2 fully saturated rings. The van der Waals surface area contributed by atoms with Crippen molar-refractivity contribution in [1.29, 1.82) is 0 Å². The third-order valence-corrected chi connectivity index (χ3v) is 4.14. The highest BCUT2D eigenvalue weighted by Crippen LogP contribution is 2.38. The summed E-state index contributed by atoms with van der Waals surface area (Å²) in [4.78, 5) is 36.4. The molecule has 1 saturated carbocycles. The van der Waals surface area contributed by atoms with E-state index in [9.17, 15) is 14.4 Å². The Hall–Kier alpha value is -2.25. The number of hydrogen-bond donors (Lipinski definition) is 1. The second kappa shape index (κ2) is 5.27. The van der Waals surface area contributed by atoms with Gasteiger partial charge in [0.05, 0.1) is 24.6 Å². The van der Waals surface area contributed by atoms with E-state index in [0.29, 0.717) is 5.69 Å². The van der Waals surface area contributed by atoms with Crippen LogP contribution in [0.3, 0.4) is 0 Å². The van der Waals surface area contributed by atoms with Crippen LogP contribution in [0.15, 0.2) is 6.20 Å². The van der Waals surface area contributed by atoms with Crippen molar-refractivity contribution in [2.24, 2.45) is 11.8 Å². The van der Waals surface area contributed by atoms with Crippen LogP contribution in [0, 0.1) is 11.8 Å². The van der Waals surface area contributed by atoms with Crippen molar-refractivity contribution in [2.75, 3.05) is 0 Å². The smallest absolute Gasteiger partial charge is 0.325 e. The Morgan fingerprint density at radius 1 is 1.24 bits per heavy atom. The van der Waals surface area contributed by atoms with E-state index < -0.39 is 5.97 Å². The average Bonchev–Trinajstić information content (AvgIpc) is 2.98. The molecule has 1 aromatic heterocycles. The van der Waals surface area contributed by atoms with Gasteiger partial charge in [0.15, 0.2) is 0 Å². The Bertz CT molecular complexity index is 573. The molecule has 0 bridgehead atoms. The molecule has 2 aliphatic rings. The molecular formula is C13H16N4O4. The average molecular weight is 292 g/mol. The van der Waals surface area contributed by atoms with Gasteiger partial charge in [-0.15, -0.1) is 5.10 Å². The zero-order valence-electron chi connectivity index (χ0n) is 11.4. The molecule has 0 radical (unpaired) electrons. The molecule has 0 spiro atoms. The van der Waals surface area contributed by atoms with Gasteiger partial charge in [-0.2, -0.15) is 0 Å².